The van der Waals surface area contributed by atoms with Crippen molar-refractivity contribution in [2.75, 3.05) is 13.1 Å². The van der Waals surface area contributed by atoms with Crippen LogP contribution in [-0.4, -0.2) is 28.7 Å². The molecule has 3 aromatic rings. The first-order chi connectivity index (χ1) is 13.5. The second kappa shape index (κ2) is 7.76. The maximum absolute atomic E-state index is 14.0. The van der Waals surface area contributed by atoms with Crippen LogP contribution in [0.1, 0.15) is 40.0 Å². The number of aromatic carboxylic acids is 1. The van der Waals surface area contributed by atoms with Gasteiger partial charge >= 0.3 is 5.97 Å². The molecule has 0 bridgehead atoms. The average Bonchev–Trinajstić information content (AvgIpc) is 2.94. The molecule has 1 saturated heterocycles. The van der Waals surface area contributed by atoms with Crippen molar-refractivity contribution in [2.45, 2.75) is 32.7 Å². The van der Waals surface area contributed by atoms with Gasteiger partial charge in [-0.05, 0) is 86.7 Å². The Kier molecular flexibility index (Phi) is 5.18. The Morgan fingerprint density at radius 1 is 1.18 bits per heavy atom. The summed E-state index contributed by atoms with van der Waals surface area (Å²) < 4.78 is 16.4. The van der Waals surface area contributed by atoms with E-state index in [0.29, 0.717) is 12.3 Å². The number of fused-ring (bicyclic) bond motifs is 1. The fourth-order valence-electron chi connectivity index (χ4n) is 4.27. The number of nitrogens with one attached hydrogen (secondary N) is 1. The average molecular weight is 380 g/mol. The molecular weight excluding hydrogens is 355 g/mol. The maximum atomic E-state index is 14.0. The van der Waals surface area contributed by atoms with Crippen LogP contribution in [0.3, 0.4) is 0 Å². The van der Waals surface area contributed by atoms with Gasteiger partial charge in [-0.25, -0.2) is 9.18 Å². The van der Waals surface area contributed by atoms with E-state index in [9.17, 15) is 9.18 Å². The van der Waals surface area contributed by atoms with E-state index in [2.05, 4.69) is 16.8 Å². The zero-order valence-corrected chi connectivity index (χ0v) is 16.0. The quantitative estimate of drug-likeness (QED) is 0.691. The van der Waals surface area contributed by atoms with Crippen LogP contribution < -0.4 is 5.32 Å². The molecule has 0 saturated carbocycles. The number of carbonyl (C=O) groups is 1. The van der Waals surface area contributed by atoms with Crippen LogP contribution in [0.4, 0.5) is 4.39 Å². The number of nitrogens with zero attached hydrogens (tertiary/aromatic N) is 1. The highest BCUT2D eigenvalue weighted by Gasteiger charge is 2.20. The number of carboxylic acid groups (broad SMARTS) is 1. The molecule has 2 aromatic carbocycles. The molecule has 0 atom stereocenters. The molecule has 0 radical (unpaired) electrons. The minimum absolute atomic E-state index is 0.228. The number of benzene rings is 2. The SMILES string of the molecule is Cc1c(Cc2ccc(C(=O)O)cc2)c2cc(F)ccc2n1CC1CCNCC1. The van der Waals surface area contributed by atoms with Crippen molar-refractivity contribution in [1.29, 1.82) is 0 Å². The minimum Gasteiger partial charge on any atom is -0.478 e. The van der Waals surface area contributed by atoms with Crippen LogP contribution in [0.5, 0.6) is 0 Å². The van der Waals surface area contributed by atoms with Crippen LogP contribution in [0, 0.1) is 18.7 Å². The van der Waals surface area contributed by atoms with Gasteiger partial charge in [-0.2, -0.15) is 0 Å². The van der Waals surface area contributed by atoms with E-state index in [1.54, 1.807) is 18.2 Å². The Morgan fingerprint density at radius 2 is 1.89 bits per heavy atom. The molecule has 0 aliphatic carbocycles. The minimum atomic E-state index is -0.927. The molecule has 0 unspecified atom stereocenters. The summed E-state index contributed by atoms with van der Waals surface area (Å²) in [5.41, 5.74) is 4.67. The van der Waals surface area contributed by atoms with Gasteiger partial charge in [0.2, 0.25) is 0 Å². The Morgan fingerprint density at radius 3 is 2.57 bits per heavy atom. The maximum Gasteiger partial charge on any atom is 0.335 e. The van der Waals surface area contributed by atoms with Gasteiger partial charge < -0.3 is 15.0 Å². The van der Waals surface area contributed by atoms with Crippen molar-refractivity contribution in [1.82, 2.24) is 9.88 Å². The zero-order chi connectivity index (χ0) is 19.7. The van der Waals surface area contributed by atoms with Gasteiger partial charge in [0, 0.05) is 23.1 Å². The number of hydrogen-bond donors (Lipinski definition) is 2. The van der Waals surface area contributed by atoms with Crippen molar-refractivity contribution in [2.24, 2.45) is 5.92 Å². The molecule has 5 heteroatoms. The third kappa shape index (κ3) is 3.67. The highest BCUT2D eigenvalue weighted by Crippen LogP contribution is 2.30. The summed E-state index contributed by atoms with van der Waals surface area (Å²) in [6.45, 7) is 5.17. The summed E-state index contributed by atoms with van der Waals surface area (Å²) in [6, 6.07) is 12.0. The van der Waals surface area contributed by atoms with Gasteiger partial charge in [-0.3, -0.25) is 0 Å². The molecule has 1 fully saturated rings. The number of carboxylic acids is 1. The van der Waals surface area contributed by atoms with Crippen molar-refractivity contribution in [3.8, 4) is 0 Å². The largest absolute Gasteiger partial charge is 0.478 e. The molecule has 0 amide bonds. The second-order valence-corrected chi connectivity index (χ2v) is 7.71. The molecule has 146 valence electrons. The molecule has 2 N–H and O–H groups in total. The lowest BCUT2D eigenvalue weighted by atomic mass is 9.98. The number of piperidine rings is 1. The zero-order valence-electron chi connectivity index (χ0n) is 16.0. The van der Waals surface area contributed by atoms with Gasteiger partial charge in [0.25, 0.3) is 0 Å². The molecule has 28 heavy (non-hydrogen) atoms. The Hall–Kier alpha value is -2.66. The molecule has 1 aromatic heterocycles. The molecule has 0 spiro atoms. The van der Waals surface area contributed by atoms with Crippen molar-refractivity contribution >= 4 is 16.9 Å². The number of rotatable bonds is 5. The van der Waals surface area contributed by atoms with Crippen molar-refractivity contribution < 1.29 is 14.3 Å². The predicted octanol–water partition coefficient (Wildman–Crippen LogP) is 4.38. The normalized spacial score (nSPS) is 15.2. The molecule has 1 aliphatic rings. The number of halogens is 1. The van der Waals surface area contributed by atoms with E-state index < -0.39 is 5.97 Å². The third-order valence-corrected chi connectivity index (χ3v) is 5.90. The van der Waals surface area contributed by atoms with E-state index in [0.717, 1.165) is 54.5 Å². The highest BCUT2D eigenvalue weighted by atomic mass is 19.1. The summed E-state index contributed by atoms with van der Waals surface area (Å²) in [4.78, 5) is 11.1. The fraction of sp³-hybridized carbons (Fsp3) is 0.348. The van der Waals surface area contributed by atoms with Crippen molar-refractivity contribution in [3.63, 3.8) is 0 Å². The van der Waals surface area contributed by atoms with Crippen LogP contribution in [0.25, 0.3) is 10.9 Å². The first-order valence-corrected chi connectivity index (χ1v) is 9.83. The Balaban J connectivity index is 1.71. The van der Waals surface area contributed by atoms with E-state index in [-0.39, 0.29) is 11.4 Å². The molecule has 1 aliphatic heterocycles. The fourth-order valence-corrected chi connectivity index (χ4v) is 4.27. The summed E-state index contributed by atoms with van der Waals surface area (Å²) in [5, 5.41) is 13.5. The summed E-state index contributed by atoms with van der Waals surface area (Å²) in [5.74, 6) is -0.527. The summed E-state index contributed by atoms with van der Waals surface area (Å²) in [7, 11) is 0. The Bertz CT molecular complexity index is 1000. The Labute approximate surface area is 164 Å². The summed E-state index contributed by atoms with van der Waals surface area (Å²) >= 11 is 0. The molecule has 4 nitrogen and oxygen atoms in total. The molecule has 4 rings (SSSR count). The van der Waals surface area contributed by atoms with Crippen LogP contribution in [0.15, 0.2) is 42.5 Å². The van der Waals surface area contributed by atoms with Gasteiger partial charge in [-0.15, -0.1) is 0 Å². The van der Waals surface area contributed by atoms with Gasteiger partial charge in [0.05, 0.1) is 5.56 Å². The van der Waals surface area contributed by atoms with Gasteiger partial charge in [0.15, 0.2) is 0 Å². The van der Waals surface area contributed by atoms with Gasteiger partial charge in [0.1, 0.15) is 5.82 Å². The monoisotopic (exact) mass is 380 g/mol. The topological polar surface area (TPSA) is 54.3 Å². The first kappa shape index (κ1) is 18.7. The lowest BCUT2D eigenvalue weighted by molar-refractivity contribution is 0.0697. The van der Waals surface area contributed by atoms with E-state index >= 15 is 0 Å². The lowest BCUT2D eigenvalue weighted by Gasteiger charge is -2.24. The second-order valence-electron chi connectivity index (χ2n) is 7.71. The van der Waals surface area contributed by atoms with Crippen LogP contribution >= 0.6 is 0 Å². The van der Waals surface area contributed by atoms with E-state index in [4.69, 9.17) is 5.11 Å². The lowest BCUT2D eigenvalue weighted by Crippen LogP contribution is -2.30. The standard InChI is InChI=1S/C23H25FN2O2/c1-15-20(12-16-2-4-18(5-3-16)23(27)28)21-13-19(24)6-7-22(21)26(15)14-17-8-10-25-11-9-17/h2-7,13,17,25H,8-12,14H2,1H3,(H,27,28). The van der Waals surface area contributed by atoms with Crippen LogP contribution in [-0.2, 0) is 13.0 Å². The highest BCUT2D eigenvalue weighted by molar-refractivity contribution is 5.88. The predicted molar refractivity (Wildman–Crippen MR) is 108 cm³/mol. The summed E-state index contributed by atoms with van der Waals surface area (Å²) in [6.07, 6.45) is 2.98. The van der Waals surface area contributed by atoms with Crippen LogP contribution in [0.2, 0.25) is 0 Å². The van der Waals surface area contributed by atoms with Gasteiger partial charge in [-0.1, -0.05) is 12.1 Å². The van der Waals surface area contributed by atoms with E-state index in [1.165, 1.54) is 11.8 Å². The van der Waals surface area contributed by atoms with E-state index in [1.807, 2.05) is 18.2 Å². The first-order valence-electron chi connectivity index (χ1n) is 9.83. The molecule has 2 heterocycles. The third-order valence-electron chi connectivity index (χ3n) is 5.90. The molecular formula is C23H25FN2O2. The number of aromatic nitrogens is 1. The number of hydrogen-bond acceptors (Lipinski definition) is 2. The van der Waals surface area contributed by atoms with Crippen molar-refractivity contribution in [3.05, 3.63) is 70.7 Å². The smallest absolute Gasteiger partial charge is 0.335 e.